The average Bonchev–Trinajstić information content (AvgIpc) is 3.05. The smallest absolute Gasteiger partial charge is 0.248 e. The van der Waals surface area contributed by atoms with Crippen molar-refractivity contribution in [1.29, 1.82) is 0 Å². The lowest BCUT2D eigenvalue weighted by molar-refractivity contribution is 0.100. The lowest BCUT2D eigenvalue weighted by atomic mass is 10.1. The molecule has 0 fully saturated rings. The molecule has 4 aromatic rings. The molecule has 5 heteroatoms. The summed E-state index contributed by atoms with van der Waals surface area (Å²) in [6.45, 7) is 2.09. The predicted molar refractivity (Wildman–Crippen MR) is 101 cm³/mol. The third-order valence-electron chi connectivity index (χ3n) is 4.35. The topological polar surface area (TPSA) is 73.3 Å². The van der Waals surface area contributed by atoms with Crippen LogP contribution >= 0.6 is 0 Å². The van der Waals surface area contributed by atoms with Gasteiger partial charge in [-0.1, -0.05) is 42.0 Å². The molecule has 2 heterocycles. The van der Waals surface area contributed by atoms with Crippen molar-refractivity contribution in [2.24, 2.45) is 5.73 Å². The van der Waals surface area contributed by atoms with Crippen LogP contribution in [0.1, 0.15) is 27.2 Å². The van der Waals surface area contributed by atoms with E-state index in [2.05, 4.69) is 36.2 Å². The molecule has 0 unspecified atom stereocenters. The summed E-state index contributed by atoms with van der Waals surface area (Å²) >= 11 is 0. The van der Waals surface area contributed by atoms with Crippen LogP contribution in [0.15, 0.2) is 66.9 Å². The van der Waals surface area contributed by atoms with Crippen molar-refractivity contribution in [3.63, 3.8) is 0 Å². The molecule has 26 heavy (non-hydrogen) atoms. The second-order valence-electron chi connectivity index (χ2n) is 6.35. The summed E-state index contributed by atoms with van der Waals surface area (Å²) in [7, 11) is 0. The van der Waals surface area contributed by atoms with Crippen LogP contribution in [0.5, 0.6) is 0 Å². The molecule has 0 aliphatic heterocycles. The fraction of sp³-hybridized carbons (Fsp3) is 0.0952. The number of carbonyl (C=O) groups excluding carboxylic acids is 1. The Kier molecular flexibility index (Phi) is 3.97. The number of aromatic nitrogens is 3. The summed E-state index contributed by atoms with van der Waals surface area (Å²) in [5, 5.41) is 4.76. The molecule has 2 N–H and O–H groups in total. The number of benzene rings is 2. The van der Waals surface area contributed by atoms with Gasteiger partial charge in [0, 0.05) is 17.5 Å². The Balaban J connectivity index is 1.71. The van der Waals surface area contributed by atoms with E-state index in [1.807, 2.05) is 28.8 Å². The van der Waals surface area contributed by atoms with Crippen molar-refractivity contribution in [2.75, 3.05) is 0 Å². The van der Waals surface area contributed by atoms with E-state index in [1.54, 1.807) is 18.3 Å². The molecule has 2 aromatic carbocycles. The molecule has 1 amide bonds. The van der Waals surface area contributed by atoms with Gasteiger partial charge in [-0.05, 0) is 36.8 Å². The molecule has 0 saturated heterocycles. The second-order valence-corrected chi connectivity index (χ2v) is 6.35. The first-order valence-electron chi connectivity index (χ1n) is 8.39. The zero-order chi connectivity index (χ0) is 18.1. The van der Waals surface area contributed by atoms with E-state index in [4.69, 9.17) is 10.8 Å². The van der Waals surface area contributed by atoms with Crippen LogP contribution < -0.4 is 5.73 Å². The van der Waals surface area contributed by atoms with Gasteiger partial charge in [-0.3, -0.25) is 4.79 Å². The molecular formula is C21H18N4O. The zero-order valence-corrected chi connectivity index (χ0v) is 14.4. The largest absolute Gasteiger partial charge is 0.366 e. The molecule has 0 aliphatic rings. The van der Waals surface area contributed by atoms with Gasteiger partial charge in [0.15, 0.2) is 5.65 Å². The number of imidazole rings is 1. The zero-order valence-electron chi connectivity index (χ0n) is 14.4. The number of primary amides is 1. The average molecular weight is 342 g/mol. The first kappa shape index (κ1) is 16.0. The summed E-state index contributed by atoms with van der Waals surface area (Å²) in [5.41, 5.74) is 11.8. The number of hydrogen-bond donors (Lipinski definition) is 1. The van der Waals surface area contributed by atoms with Crippen molar-refractivity contribution in [1.82, 2.24) is 14.6 Å². The van der Waals surface area contributed by atoms with Crippen molar-refractivity contribution in [2.45, 2.75) is 13.3 Å². The van der Waals surface area contributed by atoms with E-state index in [0.29, 0.717) is 5.56 Å². The fourth-order valence-corrected chi connectivity index (χ4v) is 3.04. The van der Waals surface area contributed by atoms with Crippen molar-refractivity contribution in [3.05, 3.63) is 89.2 Å². The molecule has 0 saturated carbocycles. The summed E-state index contributed by atoms with van der Waals surface area (Å²) in [4.78, 5) is 15.7. The quantitative estimate of drug-likeness (QED) is 0.618. The highest BCUT2D eigenvalue weighted by atomic mass is 16.1. The van der Waals surface area contributed by atoms with Crippen LogP contribution in [0, 0.1) is 6.92 Å². The third kappa shape index (κ3) is 3.07. The van der Waals surface area contributed by atoms with E-state index in [9.17, 15) is 4.79 Å². The molecule has 0 spiro atoms. The highest BCUT2D eigenvalue weighted by Gasteiger charge is 2.09. The predicted octanol–water partition coefficient (Wildman–Crippen LogP) is 3.39. The number of rotatable bonds is 4. The van der Waals surface area contributed by atoms with E-state index < -0.39 is 5.91 Å². The van der Waals surface area contributed by atoms with Crippen LogP contribution in [-0.4, -0.2) is 20.5 Å². The Morgan fingerprint density at radius 3 is 2.62 bits per heavy atom. The summed E-state index contributed by atoms with van der Waals surface area (Å²) in [6.07, 6.45) is 2.55. The fourth-order valence-electron chi connectivity index (χ4n) is 3.04. The summed E-state index contributed by atoms with van der Waals surface area (Å²) in [5.74, 6) is -0.437. The van der Waals surface area contributed by atoms with Crippen molar-refractivity contribution >= 4 is 11.6 Å². The maximum atomic E-state index is 11.2. The molecule has 0 aliphatic carbocycles. The normalized spacial score (nSPS) is 11.0. The third-order valence-corrected chi connectivity index (χ3v) is 4.35. The van der Waals surface area contributed by atoms with E-state index in [-0.39, 0.29) is 0 Å². The lowest BCUT2D eigenvalue weighted by Crippen LogP contribution is -2.10. The maximum Gasteiger partial charge on any atom is 0.248 e. The summed E-state index contributed by atoms with van der Waals surface area (Å²) in [6, 6.07) is 19.6. The Bertz CT molecular complexity index is 1100. The van der Waals surface area contributed by atoms with Gasteiger partial charge < -0.3 is 5.73 Å². The van der Waals surface area contributed by atoms with Crippen LogP contribution in [-0.2, 0) is 6.42 Å². The minimum atomic E-state index is -0.437. The number of hydrogen-bond acceptors (Lipinski definition) is 3. The first-order valence-corrected chi connectivity index (χ1v) is 8.39. The molecule has 4 rings (SSSR count). The highest BCUT2D eigenvalue weighted by Crippen LogP contribution is 2.21. The van der Waals surface area contributed by atoms with Gasteiger partial charge in [-0.2, -0.15) is 5.10 Å². The van der Waals surface area contributed by atoms with E-state index in [0.717, 1.165) is 29.0 Å². The number of nitrogens with two attached hydrogens (primary N) is 1. The van der Waals surface area contributed by atoms with Gasteiger partial charge >= 0.3 is 0 Å². The molecule has 0 radical (unpaired) electrons. The molecule has 128 valence electrons. The molecular weight excluding hydrogens is 324 g/mol. The van der Waals surface area contributed by atoms with E-state index >= 15 is 0 Å². The van der Waals surface area contributed by atoms with Crippen molar-refractivity contribution in [3.8, 4) is 11.3 Å². The van der Waals surface area contributed by atoms with Gasteiger partial charge in [0.1, 0.15) is 0 Å². The molecule has 2 aromatic heterocycles. The number of carbonyl (C=O) groups is 1. The number of nitrogens with zero attached hydrogens (tertiary/aromatic N) is 3. The number of amides is 1. The minimum absolute atomic E-state index is 0.437. The summed E-state index contributed by atoms with van der Waals surface area (Å²) < 4.78 is 1.84. The number of aryl methyl sites for hydroxylation is 1. The Morgan fingerprint density at radius 2 is 1.88 bits per heavy atom. The molecule has 0 atom stereocenters. The van der Waals surface area contributed by atoms with Crippen LogP contribution in [0.4, 0.5) is 0 Å². The molecule has 5 nitrogen and oxygen atoms in total. The SMILES string of the molecule is Cc1cccc(Cc2ccc3ncc(-c4ccc(C(N)=O)cc4)n3n2)c1. The van der Waals surface area contributed by atoms with E-state index in [1.165, 1.54) is 11.1 Å². The van der Waals surface area contributed by atoms with Gasteiger partial charge in [0.2, 0.25) is 5.91 Å². The highest BCUT2D eigenvalue weighted by molar-refractivity contribution is 5.93. The monoisotopic (exact) mass is 342 g/mol. The van der Waals surface area contributed by atoms with Crippen LogP contribution in [0.25, 0.3) is 16.9 Å². The Morgan fingerprint density at radius 1 is 1.08 bits per heavy atom. The van der Waals surface area contributed by atoms with Gasteiger partial charge in [0.05, 0.1) is 17.6 Å². The van der Waals surface area contributed by atoms with Gasteiger partial charge in [-0.15, -0.1) is 0 Å². The Labute approximate surface area is 151 Å². The van der Waals surface area contributed by atoms with Crippen LogP contribution in [0.3, 0.4) is 0 Å². The Hall–Kier alpha value is -3.47. The second kappa shape index (κ2) is 6.44. The van der Waals surface area contributed by atoms with Gasteiger partial charge in [0.25, 0.3) is 0 Å². The standard InChI is InChI=1S/C21H18N4O/c1-14-3-2-4-15(11-14)12-18-9-10-20-23-13-19(25(20)24-18)16-5-7-17(8-6-16)21(22)26/h2-11,13H,12H2,1H3,(H2,22,26). The minimum Gasteiger partial charge on any atom is -0.366 e. The maximum absolute atomic E-state index is 11.2. The molecule has 0 bridgehead atoms. The van der Waals surface area contributed by atoms with Crippen molar-refractivity contribution < 1.29 is 4.79 Å². The lowest BCUT2D eigenvalue weighted by Gasteiger charge is -2.06. The van der Waals surface area contributed by atoms with Gasteiger partial charge in [-0.25, -0.2) is 9.50 Å². The number of fused-ring (bicyclic) bond motifs is 1. The van der Waals surface area contributed by atoms with Crippen LogP contribution in [0.2, 0.25) is 0 Å². The first-order chi connectivity index (χ1) is 12.6.